The van der Waals surface area contributed by atoms with Crippen molar-refractivity contribution >= 4 is 23.2 Å². The lowest BCUT2D eigenvalue weighted by Crippen LogP contribution is -2.51. The molecule has 1 aliphatic heterocycles. The van der Waals surface area contributed by atoms with E-state index in [0.717, 1.165) is 48.4 Å². The first-order chi connectivity index (χ1) is 12.6. The predicted octanol–water partition coefficient (Wildman–Crippen LogP) is 3.20. The lowest BCUT2D eigenvalue weighted by molar-refractivity contribution is -0.140. The molecule has 1 N–H and O–H groups in total. The molecule has 4 aliphatic carbocycles. The van der Waals surface area contributed by atoms with Crippen molar-refractivity contribution in [1.29, 1.82) is 0 Å². The molecular formula is C21H26N2O3. The highest BCUT2D eigenvalue weighted by Crippen LogP contribution is 2.60. The average Bonchev–Trinajstić information content (AvgIpc) is 2.62. The highest BCUT2D eigenvalue weighted by molar-refractivity contribution is 5.97. The molecule has 5 nitrogen and oxygen atoms in total. The normalized spacial score (nSPS) is 35.6. The number of hydrogen-bond donors (Lipinski definition) is 1. The van der Waals surface area contributed by atoms with E-state index in [1.165, 1.54) is 19.3 Å². The summed E-state index contributed by atoms with van der Waals surface area (Å²) in [6.45, 7) is 1.29. The van der Waals surface area contributed by atoms with Crippen molar-refractivity contribution in [2.45, 2.75) is 38.5 Å². The third-order valence-corrected chi connectivity index (χ3v) is 6.94. The van der Waals surface area contributed by atoms with Gasteiger partial charge in [-0.2, -0.15) is 0 Å². The van der Waals surface area contributed by atoms with Gasteiger partial charge in [0.15, 0.2) is 0 Å². The summed E-state index contributed by atoms with van der Waals surface area (Å²) in [5.74, 6) is 2.50. The molecule has 5 fully saturated rings. The molecule has 1 aromatic carbocycles. The predicted molar refractivity (Wildman–Crippen MR) is 98.8 cm³/mol. The standard InChI is InChI=1S/C21H26N2O3/c24-19-13-26-6-5-23(19)18-3-1-17(2-4-18)22-20(25)21-10-14-7-15(11-21)9-16(8-14)12-21/h1-4,14-16H,5-13H2,(H,22,25). The van der Waals surface area contributed by atoms with Crippen LogP contribution in [0.25, 0.3) is 0 Å². The molecule has 1 aromatic rings. The van der Waals surface area contributed by atoms with Gasteiger partial charge in [-0.25, -0.2) is 0 Å². The molecular weight excluding hydrogens is 328 g/mol. The number of anilines is 2. The van der Waals surface area contributed by atoms with Gasteiger partial charge < -0.3 is 15.0 Å². The zero-order chi connectivity index (χ0) is 17.7. The van der Waals surface area contributed by atoms with Crippen LogP contribution in [0.4, 0.5) is 11.4 Å². The van der Waals surface area contributed by atoms with E-state index in [4.69, 9.17) is 4.74 Å². The summed E-state index contributed by atoms with van der Waals surface area (Å²) in [4.78, 5) is 26.8. The maximum absolute atomic E-state index is 13.1. The molecule has 5 heteroatoms. The molecule has 1 heterocycles. The van der Waals surface area contributed by atoms with Crippen LogP contribution < -0.4 is 10.2 Å². The number of hydrogen-bond acceptors (Lipinski definition) is 3. The summed E-state index contributed by atoms with van der Waals surface area (Å²) in [6.07, 6.45) is 7.25. The van der Waals surface area contributed by atoms with Gasteiger partial charge in [-0.15, -0.1) is 0 Å². The van der Waals surface area contributed by atoms with Crippen LogP contribution in [-0.4, -0.2) is 31.6 Å². The number of rotatable bonds is 3. The van der Waals surface area contributed by atoms with Crippen molar-refractivity contribution in [1.82, 2.24) is 0 Å². The van der Waals surface area contributed by atoms with Crippen molar-refractivity contribution in [3.63, 3.8) is 0 Å². The number of carbonyl (C=O) groups excluding carboxylic acids is 2. The van der Waals surface area contributed by atoms with Gasteiger partial charge in [-0.05, 0) is 80.5 Å². The fourth-order valence-corrected chi connectivity index (χ4v) is 6.17. The molecule has 0 aromatic heterocycles. The molecule has 0 spiro atoms. The van der Waals surface area contributed by atoms with Crippen molar-refractivity contribution < 1.29 is 14.3 Å². The van der Waals surface area contributed by atoms with Crippen LogP contribution in [0.5, 0.6) is 0 Å². The van der Waals surface area contributed by atoms with E-state index < -0.39 is 0 Å². The van der Waals surface area contributed by atoms with Crippen molar-refractivity contribution in [2.75, 3.05) is 30.0 Å². The third-order valence-electron chi connectivity index (χ3n) is 6.94. The number of carbonyl (C=O) groups is 2. The molecule has 6 rings (SSSR count). The zero-order valence-electron chi connectivity index (χ0n) is 15.1. The summed E-state index contributed by atoms with van der Waals surface area (Å²) < 4.78 is 5.18. The lowest BCUT2D eigenvalue weighted by Gasteiger charge is -2.55. The second-order valence-electron chi connectivity index (χ2n) is 8.80. The van der Waals surface area contributed by atoms with Gasteiger partial charge in [0.1, 0.15) is 6.61 Å². The van der Waals surface area contributed by atoms with Crippen LogP contribution in [0.1, 0.15) is 38.5 Å². The summed E-state index contributed by atoms with van der Waals surface area (Å²) >= 11 is 0. The van der Waals surface area contributed by atoms with Gasteiger partial charge in [0, 0.05) is 17.9 Å². The minimum Gasteiger partial charge on any atom is -0.370 e. The molecule has 4 saturated carbocycles. The summed E-state index contributed by atoms with van der Waals surface area (Å²) in [6, 6.07) is 7.66. The Morgan fingerprint density at radius 1 is 1.04 bits per heavy atom. The molecule has 2 amide bonds. The van der Waals surface area contributed by atoms with Crippen LogP contribution in [-0.2, 0) is 14.3 Å². The minimum atomic E-state index is -0.131. The zero-order valence-corrected chi connectivity index (χ0v) is 15.1. The minimum absolute atomic E-state index is 0.0124. The van der Waals surface area contributed by atoms with E-state index in [-0.39, 0.29) is 23.8 Å². The number of amides is 2. The monoisotopic (exact) mass is 354 g/mol. The Balaban J connectivity index is 1.29. The number of ether oxygens (including phenoxy) is 1. The molecule has 138 valence electrons. The Bertz CT molecular complexity index is 692. The smallest absolute Gasteiger partial charge is 0.253 e. The molecule has 0 unspecified atom stereocenters. The molecule has 1 saturated heterocycles. The van der Waals surface area contributed by atoms with E-state index in [9.17, 15) is 9.59 Å². The molecule has 4 bridgehead atoms. The summed E-state index contributed by atoms with van der Waals surface area (Å²) in [5, 5.41) is 3.17. The second kappa shape index (κ2) is 6.08. The molecule has 5 aliphatic rings. The summed E-state index contributed by atoms with van der Waals surface area (Å²) in [7, 11) is 0. The lowest BCUT2D eigenvalue weighted by atomic mass is 9.49. The van der Waals surface area contributed by atoms with E-state index >= 15 is 0 Å². The SMILES string of the molecule is O=C1COCCN1c1ccc(NC(=O)C23CC4CC(CC(C4)C2)C3)cc1. The van der Waals surface area contributed by atoms with E-state index in [1.54, 1.807) is 4.90 Å². The van der Waals surface area contributed by atoms with Gasteiger partial charge in [-0.1, -0.05) is 0 Å². The maximum Gasteiger partial charge on any atom is 0.253 e. The van der Waals surface area contributed by atoms with Gasteiger partial charge in [0.2, 0.25) is 5.91 Å². The fraction of sp³-hybridized carbons (Fsp3) is 0.619. The first-order valence-electron chi connectivity index (χ1n) is 9.91. The number of benzene rings is 1. The Morgan fingerprint density at radius 3 is 2.23 bits per heavy atom. The molecule has 0 radical (unpaired) electrons. The highest BCUT2D eigenvalue weighted by Gasteiger charge is 2.54. The Hall–Kier alpha value is -1.88. The van der Waals surface area contributed by atoms with Crippen molar-refractivity contribution in [3.8, 4) is 0 Å². The van der Waals surface area contributed by atoms with Gasteiger partial charge >= 0.3 is 0 Å². The average molecular weight is 354 g/mol. The van der Waals surface area contributed by atoms with Gasteiger partial charge in [0.05, 0.1) is 12.0 Å². The largest absolute Gasteiger partial charge is 0.370 e. The fourth-order valence-electron chi connectivity index (χ4n) is 6.17. The maximum atomic E-state index is 13.1. The Kier molecular flexibility index (Phi) is 3.82. The summed E-state index contributed by atoms with van der Waals surface area (Å²) in [5.41, 5.74) is 1.56. The third kappa shape index (κ3) is 2.73. The Morgan fingerprint density at radius 2 is 1.65 bits per heavy atom. The van der Waals surface area contributed by atoms with Crippen molar-refractivity contribution in [2.24, 2.45) is 23.2 Å². The number of nitrogens with one attached hydrogen (secondary N) is 1. The first-order valence-corrected chi connectivity index (χ1v) is 9.91. The van der Waals surface area contributed by atoms with Crippen LogP contribution in [0.2, 0.25) is 0 Å². The van der Waals surface area contributed by atoms with Crippen LogP contribution >= 0.6 is 0 Å². The van der Waals surface area contributed by atoms with Crippen LogP contribution in [0.15, 0.2) is 24.3 Å². The van der Waals surface area contributed by atoms with Gasteiger partial charge in [-0.3, -0.25) is 9.59 Å². The van der Waals surface area contributed by atoms with Crippen LogP contribution in [0, 0.1) is 23.2 Å². The van der Waals surface area contributed by atoms with E-state index in [1.807, 2.05) is 24.3 Å². The van der Waals surface area contributed by atoms with E-state index in [2.05, 4.69) is 5.32 Å². The highest BCUT2D eigenvalue weighted by atomic mass is 16.5. The molecule has 0 atom stereocenters. The quantitative estimate of drug-likeness (QED) is 0.907. The Labute approximate surface area is 154 Å². The number of nitrogens with zero attached hydrogens (tertiary/aromatic N) is 1. The topological polar surface area (TPSA) is 58.6 Å². The van der Waals surface area contributed by atoms with E-state index in [0.29, 0.717) is 13.2 Å². The van der Waals surface area contributed by atoms with Crippen LogP contribution in [0.3, 0.4) is 0 Å². The number of morpholine rings is 1. The van der Waals surface area contributed by atoms with Crippen molar-refractivity contribution in [3.05, 3.63) is 24.3 Å². The first kappa shape index (κ1) is 16.3. The molecule has 26 heavy (non-hydrogen) atoms. The second-order valence-corrected chi connectivity index (χ2v) is 8.80. The van der Waals surface area contributed by atoms with Gasteiger partial charge in [0.25, 0.3) is 5.91 Å².